The number of aliphatic hydroxyl groups is 1. The number of carbonyl (C=O) groups excluding carboxylic acids is 3. The number of ether oxygens (including phenoxy) is 8. The van der Waals surface area contributed by atoms with Gasteiger partial charge < -0.3 is 58.5 Å². The lowest BCUT2D eigenvalue weighted by atomic mass is 9.77. The SMILES string of the molecule is CCC(CCOCCOCCOCCNC=O)(NC(=O)c1ccc(N2CC(OC)C2)c(OC[C@H]2C[C@@H]2CO)n1)C(=O)Oc1ccc2c(c1)C1(OC2)c2ccccc2Oc2ccccc21. The first-order valence-corrected chi connectivity index (χ1v) is 21.9. The van der Waals surface area contributed by atoms with Gasteiger partial charge in [0.25, 0.3) is 5.91 Å². The minimum absolute atomic E-state index is 0.0645. The molecule has 0 radical (unpaired) electrons. The molecule has 1 saturated heterocycles. The molecule has 3 aromatic carbocycles. The molecule has 1 spiro atoms. The van der Waals surface area contributed by atoms with E-state index in [1.54, 1.807) is 25.3 Å². The molecule has 16 heteroatoms. The van der Waals surface area contributed by atoms with Crippen LogP contribution in [0.15, 0.2) is 78.9 Å². The standard InChI is InChI=1S/C48H56N4O12/c1-3-47(16-18-58-20-22-60-23-21-59-19-17-49-31-54,51-44(55)40-14-15-41(52-26-36(27-52)57-2)45(50-40)61-29-34-24-33(34)28-53)46(56)63-35-13-12-32-30-62-48(39(32)25-35)37-8-4-6-10-42(37)64-43-11-7-5-9-38(43)48/h4-15,25,31,33-34,36,53H,3,16-24,26-30H2,1-2H3,(H,49,54)(H,51,55)/t33-,34-,47?/m1/s1. The van der Waals surface area contributed by atoms with Crippen molar-refractivity contribution in [1.82, 2.24) is 15.6 Å². The summed E-state index contributed by atoms with van der Waals surface area (Å²) in [6.07, 6.45) is 1.80. The summed E-state index contributed by atoms with van der Waals surface area (Å²) in [5, 5.41) is 15.2. The average molecular weight is 881 g/mol. The number of aliphatic hydroxyl groups excluding tert-OH is 1. The van der Waals surface area contributed by atoms with Crippen molar-refractivity contribution in [3.05, 3.63) is 107 Å². The second kappa shape index (κ2) is 20.5. The molecule has 4 heterocycles. The Balaban J connectivity index is 1.02. The molecular weight excluding hydrogens is 825 g/mol. The number of rotatable bonds is 24. The quantitative estimate of drug-likeness (QED) is 0.0386. The summed E-state index contributed by atoms with van der Waals surface area (Å²) in [6, 6.07) is 24.4. The van der Waals surface area contributed by atoms with Crippen LogP contribution < -0.4 is 29.7 Å². The third-order valence-electron chi connectivity index (χ3n) is 12.4. The lowest BCUT2D eigenvalue weighted by molar-refractivity contribution is -0.142. The molecule has 1 aliphatic carbocycles. The van der Waals surface area contributed by atoms with Gasteiger partial charge in [0.05, 0.1) is 52.4 Å². The number of nitrogens with one attached hydrogen (secondary N) is 2. The highest BCUT2D eigenvalue weighted by atomic mass is 16.6. The van der Waals surface area contributed by atoms with Crippen LogP contribution in [0.4, 0.5) is 5.69 Å². The number of carbonyl (C=O) groups is 3. The first kappa shape index (κ1) is 45.0. The third-order valence-corrected chi connectivity index (χ3v) is 12.4. The number of benzene rings is 3. The second-order valence-corrected chi connectivity index (χ2v) is 16.4. The van der Waals surface area contributed by atoms with Crippen LogP contribution in [0.1, 0.15) is 58.9 Å². The van der Waals surface area contributed by atoms with Gasteiger partial charge in [-0.3, -0.25) is 9.59 Å². The number of methoxy groups -OCH3 is 1. The van der Waals surface area contributed by atoms with E-state index in [1.165, 1.54) is 0 Å². The predicted molar refractivity (Wildman–Crippen MR) is 233 cm³/mol. The highest BCUT2D eigenvalue weighted by Gasteiger charge is 2.50. The molecule has 1 saturated carbocycles. The summed E-state index contributed by atoms with van der Waals surface area (Å²) in [5.41, 5.74) is 1.69. The number of aromatic nitrogens is 1. The van der Waals surface area contributed by atoms with Crippen LogP contribution in [0.3, 0.4) is 0 Å². The van der Waals surface area contributed by atoms with Crippen molar-refractivity contribution in [2.24, 2.45) is 11.8 Å². The number of fused-ring (bicyclic) bond motifs is 6. The van der Waals surface area contributed by atoms with Crippen molar-refractivity contribution in [3.63, 3.8) is 0 Å². The molecule has 3 atom stereocenters. The van der Waals surface area contributed by atoms with E-state index in [0.717, 1.165) is 34.4 Å². The van der Waals surface area contributed by atoms with Crippen LogP contribution in [-0.2, 0) is 45.5 Å². The fraction of sp³-hybridized carbons (Fsp3) is 0.458. The first-order chi connectivity index (χ1) is 31.3. The van der Waals surface area contributed by atoms with E-state index in [1.807, 2.05) is 67.6 Å². The van der Waals surface area contributed by atoms with Gasteiger partial charge in [-0.25, -0.2) is 9.78 Å². The number of anilines is 1. The molecule has 8 rings (SSSR count). The van der Waals surface area contributed by atoms with Crippen LogP contribution >= 0.6 is 0 Å². The van der Waals surface area contributed by atoms with Crippen LogP contribution in [0, 0.1) is 11.8 Å². The lowest BCUT2D eigenvalue weighted by Gasteiger charge is -2.40. The molecule has 1 unspecified atom stereocenters. The second-order valence-electron chi connectivity index (χ2n) is 16.4. The minimum Gasteiger partial charge on any atom is -0.476 e. The van der Waals surface area contributed by atoms with Crippen molar-refractivity contribution in [3.8, 4) is 23.1 Å². The Kier molecular flexibility index (Phi) is 14.4. The maximum absolute atomic E-state index is 14.7. The summed E-state index contributed by atoms with van der Waals surface area (Å²) >= 11 is 0. The van der Waals surface area contributed by atoms with Gasteiger partial charge in [-0.1, -0.05) is 49.4 Å². The van der Waals surface area contributed by atoms with Gasteiger partial charge >= 0.3 is 5.97 Å². The summed E-state index contributed by atoms with van der Waals surface area (Å²) in [6.45, 7) is 6.00. The molecule has 4 aliphatic rings. The summed E-state index contributed by atoms with van der Waals surface area (Å²) < 4.78 is 48.0. The lowest BCUT2D eigenvalue weighted by Crippen LogP contribution is -2.56. The maximum atomic E-state index is 14.7. The van der Waals surface area contributed by atoms with Crippen molar-refractivity contribution >= 4 is 24.0 Å². The highest BCUT2D eigenvalue weighted by molar-refractivity contribution is 5.97. The van der Waals surface area contributed by atoms with E-state index >= 15 is 0 Å². The van der Waals surface area contributed by atoms with E-state index in [-0.39, 0.29) is 68.7 Å². The average Bonchev–Trinajstić information content (AvgIpc) is 3.98. The Labute approximate surface area is 372 Å². The van der Waals surface area contributed by atoms with Gasteiger partial charge in [-0.2, -0.15) is 0 Å². The van der Waals surface area contributed by atoms with Crippen LogP contribution in [0.5, 0.6) is 23.1 Å². The van der Waals surface area contributed by atoms with Gasteiger partial charge in [0.1, 0.15) is 34.2 Å². The molecule has 2 amide bonds. The fourth-order valence-corrected chi connectivity index (χ4v) is 8.44. The molecule has 16 nitrogen and oxygen atoms in total. The normalized spacial score (nSPS) is 18.7. The van der Waals surface area contributed by atoms with Gasteiger partial charge in [0, 0.05) is 63.1 Å². The van der Waals surface area contributed by atoms with Gasteiger partial charge in [0.15, 0.2) is 5.60 Å². The van der Waals surface area contributed by atoms with Crippen LogP contribution in [0.25, 0.3) is 0 Å². The third kappa shape index (κ3) is 9.58. The number of nitrogens with zero attached hydrogens (tertiary/aromatic N) is 2. The Morgan fingerprint density at radius 3 is 2.28 bits per heavy atom. The topological polar surface area (TPSA) is 185 Å². The van der Waals surface area contributed by atoms with E-state index in [4.69, 9.17) is 42.9 Å². The molecule has 2 fully saturated rings. The molecule has 4 aromatic rings. The summed E-state index contributed by atoms with van der Waals surface area (Å²) in [4.78, 5) is 46.2. The Hall–Kier alpha value is -5.62. The number of para-hydroxylation sites is 2. The van der Waals surface area contributed by atoms with Crippen LogP contribution in [0.2, 0.25) is 0 Å². The molecule has 3 aliphatic heterocycles. The predicted octanol–water partition coefficient (Wildman–Crippen LogP) is 4.52. The summed E-state index contributed by atoms with van der Waals surface area (Å²) in [5.74, 6) is 1.06. The smallest absolute Gasteiger partial charge is 0.337 e. The Bertz CT molecular complexity index is 2220. The molecular formula is C48H56N4O12. The van der Waals surface area contributed by atoms with E-state index < -0.39 is 23.0 Å². The highest BCUT2D eigenvalue weighted by Crippen LogP contribution is 2.56. The monoisotopic (exact) mass is 880 g/mol. The largest absolute Gasteiger partial charge is 0.476 e. The van der Waals surface area contributed by atoms with Gasteiger partial charge in [-0.05, 0) is 66.6 Å². The van der Waals surface area contributed by atoms with Crippen LogP contribution in [-0.4, -0.2) is 120 Å². The van der Waals surface area contributed by atoms with Crippen molar-refractivity contribution in [2.45, 2.75) is 50.0 Å². The Morgan fingerprint density at radius 1 is 0.906 bits per heavy atom. The van der Waals surface area contributed by atoms with Crippen molar-refractivity contribution < 1.29 is 57.4 Å². The molecule has 1 aromatic heterocycles. The Morgan fingerprint density at radius 2 is 1.61 bits per heavy atom. The van der Waals surface area contributed by atoms with Crippen molar-refractivity contribution in [1.29, 1.82) is 0 Å². The van der Waals surface area contributed by atoms with Crippen molar-refractivity contribution in [2.75, 3.05) is 84.5 Å². The number of esters is 1. The zero-order valence-electron chi connectivity index (χ0n) is 36.3. The number of amides is 2. The van der Waals surface area contributed by atoms with E-state index in [2.05, 4.69) is 15.5 Å². The minimum atomic E-state index is -1.54. The first-order valence-electron chi connectivity index (χ1n) is 21.9. The fourth-order valence-electron chi connectivity index (χ4n) is 8.44. The molecule has 0 bridgehead atoms. The van der Waals surface area contributed by atoms with Gasteiger partial charge in [-0.15, -0.1) is 0 Å². The number of hydrogen-bond acceptors (Lipinski definition) is 14. The number of hydrogen-bond donors (Lipinski definition) is 3. The number of pyridine rings is 1. The van der Waals surface area contributed by atoms with E-state index in [0.29, 0.717) is 76.5 Å². The van der Waals surface area contributed by atoms with E-state index in [9.17, 15) is 19.5 Å². The van der Waals surface area contributed by atoms with Gasteiger partial charge in [0.2, 0.25) is 12.3 Å². The maximum Gasteiger partial charge on any atom is 0.337 e. The molecule has 3 N–H and O–H groups in total. The molecule has 340 valence electrons. The summed E-state index contributed by atoms with van der Waals surface area (Å²) in [7, 11) is 1.67. The zero-order chi connectivity index (χ0) is 44.5. The zero-order valence-corrected chi connectivity index (χ0v) is 36.3. The molecule has 64 heavy (non-hydrogen) atoms.